The largest absolute Gasteiger partial charge is 0.458 e. The molecule has 0 saturated carbocycles. The molecule has 0 bridgehead atoms. The molecule has 3 nitrogen and oxygen atoms in total. The number of furan rings is 1. The van der Waals surface area contributed by atoms with Gasteiger partial charge in [0.2, 0.25) is 5.78 Å². The highest BCUT2D eigenvalue weighted by molar-refractivity contribution is 9.10. The lowest BCUT2D eigenvalue weighted by atomic mass is 10.3. The molecule has 92 valence electrons. The van der Waals surface area contributed by atoms with Gasteiger partial charge in [0.1, 0.15) is 5.76 Å². The first-order valence-corrected chi connectivity index (χ1v) is 6.24. The van der Waals surface area contributed by atoms with E-state index in [0.29, 0.717) is 5.76 Å². The normalized spacial score (nSPS) is 10.8. The van der Waals surface area contributed by atoms with Gasteiger partial charge in [-0.25, -0.2) is 0 Å². The third-order valence-electron chi connectivity index (χ3n) is 2.31. The maximum Gasteiger partial charge on any atom is 0.222 e. The fraction of sp³-hybridized carbons (Fsp3) is 0.0714. The second-order valence-corrected chi connectivity index (χ2v) is 4.67. The molecule has 0 atom stereocenters. The predicted molar refractivity (Wildman–Crippen MR) is 74.7 cm³/mol. The summed E-state index contributed by atoms with van der Waals surface area (Å²) in [6.45, 7) is 1.81. The topological polar surface area (TPSA) is 42.2 Å². The molecule has 0 aliphatic carbocycles. The second-order valence-electron chi connectivity index (χ2n) is 3.76. The number of benzene rings is 1. The van der Waals surface area contributed by atoms with Crippen LogP contribution in [-0.4, -0.2) is 5.78 Å². The van der Waals surface area contributed by atoms with Crippen LogP contribution < -0.4 is 5.32 Å². The van der Waals surface area contributed by atoms with Gasteiger partial charge in [0, 0.05) is 22.4 Å². The number of carbonyl (C=O) groups is 1. The summed E-state index contributed by atoms with van der Waals surface area (Å²) in [5.41, 5.74) is 0.915. The lowest BCUT2D eigenvalue weighted by Gasteiger charge is -1.99. The van der Waals surface area contributed by atoms with Gasteiger partial charge in [-0.05, 0) is 43.3 Å². The molecule has 0 aliphatic rings. The molecule has 1 aromatic heterocycles. The number of rotatable bonds is 4. The SMILES string of the molecule is Cc1ccc(C(=O)/C=C/Nc2ccc(Br)cc2)o1. The Bertz CT molecular complexity index is 570. The Morgan fingerprint density at radius 1 is 1.22 bits per heavy atom. The Hall–Kier alpha value is -1.81. The van der Waals surface area contributed by atoms with Gasteiger partial charge in [-0.3, -0.25) is 4.79 Å². The van der Waals surface area contributed by atoms with Crippen molar-refractivity contribution in [2.24, 2.45) is 0 Å². The highest BCUT2D eigenvalue weighted by Gasteiger charge is 2.05. The number of hydrogen-bond acceptors (Lipinski definition) is 3. The molecule has 2 aromatic rings. The van der Waals surface area contributed by atoms with Crippen molar-refractivity contribution in [3.8, 4) is 0 Å². The van der Waals surface area contributed by atoms with Gasteiger partial charge in [0.15, 0.2) is 5.76 Å². The lowest BCUT2D eigenvalue weighted by molar-refractivity contribution is 0.102. The molecule has 2 rings (SSSR count). The van der Waals surface area contributed by atoms with Gasteiger partial charge < -0.3 is 9.73 Å². The molecule has 0 unspecified atom stereocenters. The van der Waals surface area contributed by atoms with Gasteiger partial charge in [0.05, 0.1) is 0 Å². The van der Waals surface area contributed by atoms with Crippen LogP contribution in [0.4, 0.5) is 5.69 Å². The zero-order valence-corrected chi connectivity index (χ0v) is 11.4. The molecule has 0 spiro atoms. The highest BCUT2D eigenvalue weighted by atomic mass is 79.9. The van der Waals surface area contributed by atoms with E-state index in [9.17, 15) is 4.79 Å². The van der Waals surface area contributed by atoms with E-state index in [-0.39, 0.29) is 5.78 Å². The summed E-state index contributed by atoms with van der Waals surface area (Å²) in [7, 11) is 0. The van der Waals surface area contributed by atoms with Crippen LogP contribution in [0.25, 0.3) is 0 Å². The molecule has 0 saturated heterocycles. The van der Waals surface area contributed by atoms with Crippen molar-refractivity contribution in [1.29, 1.82) is 0 Å². The van der Waals surface area contributed by atoms with Crippen LogP contribution in [0.1, 0.15) is 16.3 Å². The summed E-state index contributed by atoms with van der Waals surface area (Å²) < 4.78 is 6.24. The quantitative estimate of drug-likeness (QED) is 0.681. The van der Waals surface area contributed by atoms with Crippen molar-refractivity contribution in [3.63, 3.8) is 0 Å². The van der Waals surface area contributed by atoms with Crippen molar-refractivity contribution in [2.75, 3.05) is 5.32 Å². The average Bonchev–Trinajstić information content (AvgIpc) is 2.78. The summed E-state index contributed by atoms with van der Waals surface area (Å²) in [4.78, 5) is 11.7. The van der Waals surface area contributed by atoms with Gasteiger partial charge in [0.25, 0.3) is 0 Å². The first kappa shape index (κ1) is 12.6. The summed E-state index contributed by atoms with van der Waals surface area (Å²) in [6.07, 6.45) is 3.05. The first-order chi connectivity index (χ1) is 8.65. The van der Waals surface area contributed by atoms with Gasteiger partial charge in [-0.2, -0.15) is 0 Å². The van der Waals surface area contributed by atoms with Crippen LogP contribution in [0.2, 0.25) is 0 Å². The highest BCUT2D eigenvalue weighted by Crippen LogP contribution is 2.14. The molecular formula is C14H12BrNO2. The smallest absolute Gasteiger partial charge is 0.222 e. The van der Waals surface area contributed by atoms with Crippen LogP contribution in [-0.2, 0) is 0 Å². The predicted octanol–water partition coefficient (Wildman–Crippen LogP) is 4.16. The third kappa shape index (κ3) is 3.34. The van der Waals surface area contributed by atoms with Crippen LogP contribution in [0.5, 0.6) is 0 Å². The molecule has 0 amide bonds. The average molecular weight is 306 g/mol. The molecule has 0 aliphatic heterocycles. The van der Waals surface area contributed by atoms with E-state index < -0.39 is 0 Å². The fourth-order valence-corrected chi connectivity index (χ4v) is 1.67. The number of anilines is 1. The maximum absolute atomic E-state index is 11.7. The molecule has 1 aromatic carbocycles. The van der Waals surface area contributed by atoms with Crippen molar-refractivity contribution in [1.82, 2.24) is 0 Å². The van der Waals surface area contributed by atoms with Crippen molar-refractivity contribution in [3.05, 3.63) is 64.7 Å². The zero-order valence-electron chi connectivity index (χ0n) is 9.81. The molecular weight excluding hydrogens is 294 g/mol. The van der Waals surface area contributed by atoms with Crippen molar-refractivity contribution >= 4 is 27.4 Å². The lowest BCUT2D eigenvalue weighted by Crippen LogP contribution is -1.94. The molecule has 0 fully saturated rings. The van der Waals surface area contributed by atoms with Crippen LogP contribution >= 0.6 is 15.9 Å². The van der Waals surface area contributed by atoms with Crippen LogP contribution in [0, 0.1) is 6.92 Å². The Balaban J connectivity index is 1.95. The molecule has 18 heavy (non-hydrogen) atoms. The van der Waals surface area contributed by atoms with Crippen molar-refractivity contribution < 1.29 is 9.21 Å². The number of allylic oxidation sites excluding steroid dienone is 1. The number of halogens is 1. The zero-order chi connectivity index (χ0) is 13.0. The maximum atomic E-state index is 11.7. The Morgan fingerprint density at radius 2 is 1.94 bits per heavy atom. The first-order valence-electron chi connectivity index (χ1n) is 5.44. The Labute approximate surface area is 114 Å². The number of hydrogen-bond donors (Lipinski definition) is 1. The second kappa shape index (κ2) is 5.69. The standard InChI is InChI=1S/C14H12BrNO2/c1-10-2-7-14(18-10)13(17)8-9-16-12-5-3-11(15)4-6-12/h2-9,16H,1H3/b9-8+. The Kier molecular flexibility index (Phi) is 3.99. The number of ketones is 1. The number of carbonyl (C=O) groups excluding carboxylic acids is 1. The van der Waals surface area contributed by atoms with Gasteiger partial charge in [-0.15, -0.1) is 0 Å². The van der Waals surface area contributed by atoms with E-state index >= 15 is 0 Å². The minimum atomic E-state index is -0.160. The minimum Gasteiger partial charge on any atom is -0.458 e. The van der Waals surface area contributed by atoms with Crippen LogP contribution in [0.3, 0.4) is 0 Å². The summed E-state index contributed by atoms with van der Waals surface area (Å²) >= 11 is 3.36. The summed E-state index contributed by atoms with van der Waals surface area (Å²) in [6, 6.07) is 11.1. The van der Waals surface area contributed by atoms with E-state index in [0.717, 1.165) is 15.9 Å². The van der Waals surface area contributed by atoms with E-state index in [4.69, 9.17) is 4.42 Å². The third-order valence-corrected chi connectivity index (χ3v) is 2.84. The number of aryl methyl sites for hydroxylation is 1. The van der Waals surface area contributed by atoms with Crippen LogP contribution in [0.15, 0.2) is 57.6 Å². The summed E-state index contributed by atoms with van der Waals surface area (Å²) in [5, 5.41) is 3.02. The molecule has 1 N–H and O–H groups in total. The Morgan fingerprint density at radius 3 is 2.56 bits per heavy atom. The fourth-order valence-electron chi connectivity index (χ4n) is 1.41. The minimum absolute atomic E-state index is 0.160. The van der Waals surface area contributed by atoms with Gasteiger partial charge >= 0.3 is 0 Å². The summed E-state index contributed by atoms with van der Waals surface area (Å²) in [5.74, 6) is 0.918. The van der Waals surface area contributed by atoms with Crippen molar-refractivity contribution in [2.45, 2.75) is 6.92 Å². The van der Waals surface area contributed by atoms with E-state index in [1.54, 1.807) is 25.3 Å². The molecule has 1 heterocycles. The van der Waals surface area contributed by atoms with E-state index in [1.165, 1.54) is 6.08 Å². The van der Waals surface area contributed by atoms with E-state index in [2.05, 4.69) is 21.2 Å². The monoisotopic (exact) mass is 305 g/mol. The molecule has 0 radical (unpaired) electrons. The van der Waals surface area contributed by atoms with Gasteiger partial charge in [-0.1, -0.05) is 15.9 Å². The van der Waals surface area contributed by atoms with E-state index in [1.807, 2.05) is 24.3 Å². The number of nitrogens with one attached hydrogen (secondary N) is 1. The molecule has 4 heteroatoms.